The van der Waals surface area contributed by atoms with Gasteiger partial charge >= 0.3 is 0 Å². The molecule has 0 fully saturated rings. The van der Waals surface area contributed by atoms with Gasteiger partial charge in [-0.15, -0.1) is 0 Å². The lowest BCUT2D eigenvalue weighted by atomic mass is 9.81. The maximum absolute atomic E-state index is 13.3. The smallest absolute Gasteiger partial charge is 0.123 e. The number of rotatable bonds is 1. The summed E-state index contributed by atoms with van der Waals surface area (Å²) in [5.41, 5.74) is 3.38. The highest BCUT2D eigenvalue weighted by atomic mass is 19.1. The molecule has 1 aromatic carbocycles. The Morgan fingerprint density at radius 1 is 1.50 bits per heavy atom. The lowest BCUT2D eigenvalue weighted by molar-refractivity contribution is 0.499. The van der Waals surface area contributed by atoms with Crippen LogP contribution in [-0.2, 0) is 5.41 Å². The van der Waals surface area contributed by atoms with Crippen molar-refractivity contribution in [3.8, 4) is 0 Å². The van der Waals surface area contributed by atoms with Crippen LogP contribution in [0.1, 0.15) is 31.4 Å². The lowest BCUT2D eigenvalue weighted by Crippen LogP contribution is -2.22. The summed E-state index contributed by atoms with van der Waals surface area (Å²) in [6.07, 6.45) is 1.04. The molecule has 2 heteroatoms. The highest BCUT2D eigenvalue weighted by Gasteiger charge is 2.33. The average Bonchev–Trinajstić information content (AvgIpc) is 2.46. The number of anilines is 1. The van der Waals surface area contributed by atoms with Gasteiger partial charge in [0.1, 0.15) is 5.82 Å². The number of hydrogen-bond acceptors (Lipinski definition) is 1. The van der Waals surface area contributed by atoms with Gasteiger partial charge in [-0.2, -0.15) is 0 Å². The zero-order valence-corrected chi connectivity index (χ0v) is 8.95. The summed E-state index contributed by atoms with van der Waals surface area (Å²) < 4.78 is 13.3. The highest BCUT2D eigenvalue weighted by Crippen LogP contribution is 2.40. The van der Waals surface area contributed by atoms with E-state index in [1.807, 2.05) is 6.92 Å². The molecule has 0 radical (unpaired) electrons. The summed E-state index contributed by atoms with van der Waals surface area (Å²) in [6, 6.07) is 3.26. The van der Waals surface area contributed by atoms with Crippen molar-refractivity contribution in [2.75, 3.05) is 11.9 Å². The van der Waals surface area contributed by atoms with Crippen LogP contribution in [0.3, 0.4) is 0 Å². The van der Waals surface area contributed by atoms with Gasteiger partial charge in [0.25, 0.3) is 0 Å². The third kappa shape index (κ3) is 1.21. The Bertz CT molecular complexity index is 373. The number of aryl methyl sites for hydroxylation is 1. The van der Waals surface area contributed by atoms with Crippen LogP contribution in [-0.4, -0.2) is 6.54 Å². The summed E-state index contributed by atoms with van der Waals surface area (Å²) in [4.78, 5) is 0. The summed E-state index contributed by atoms with van der Waals surface area (Å²) in [5.74, 6) is -0.121. The van der Waals surface area contributed by atoms with E-state index >= 15 is 0 Å². The number of fused-ring (bicyclic) bond motifs is 1. The minimum absolute atomic E-state index is 0.0994. The first kappa shape index (κ1) is 9.50. The van der Waals surface area contributed by atoms with E-state index in [2.05, 4.69) is 19.2 Å². The van der Waals surface area contributed by atoms with Crippen molar-refractivity contribution in [1.29, 1.82) is 0 Å². The molecule has 1 N–H and O–H groups in total. The van der Waals surface area contributed by atoms with Crippen LogP contribution in [0.2, 0.25) is 0 Å². The van der Waals surface area contributed by atoms with Crippen LogP contribution in [0.4, 0.5) is 10.1 Å². The van der Waals surface area contributed by atoms with E-state index in [4.69, 9.17) is 0 Å². The number of benzene rings is 1. The third-order valence-electron chi connectivity index (χ3n) is 3.39. The molecule has 2 rings (SSSR count). The van der Waals surface area contributed by atoms with Crippen LogP contribution in [0.5, 0.6) is 0 Å². The summed E-state index contributed by atoms with van der Waals surface area (Å²) in [6.45, 7) is 7.21. The zero-order valence-electron chi connectivity index (χ0n) is 8.95. The molecule has 0 aromatic heterocycles. The first-order valence-corrected chi connectivity index (χ1v) is 5.11. The molecule has 0 saturated carbocycles. The third-order valence-corrected chi connectivity index (χ3v) is 3.39. The monoisotopic (exact) mass is 193 g/mol. The Kier molecular flexibility index (Phi) is 2.02. The second-order valence-corrected chi connectivity index (χ2v) is 4.41. The molecule has 0 bridgehead atoms. The van der Waals surface area contributed by atoms with Crippen molar-refractivity contribution in [1.82, 2.24) is 0 Å². The van der Waals surface area contributed by atoms with Gasteiger partial charge in [0.2, 0.25) is 0 Å². The molecular formula is C12H16FN. The zero-order chi connectivity index (χ0) is 10.3. The quantitative estimate of drug-likeness (QED) is 0.722. The van der Waals surface area contributed by atoms with E-state index in [-0.39, 0.29) is 11.2 Å². The second-order valence-electron chi connectivity index (χ2n) is 4.41. The Morgan fingerprint density at radius 2 is 2.21 bits per heavy atom. The van der Waals surface area contributed by atoms with Crippen LogP contribution in [0, 0.1) is 12.7 Å². The molecule has 0 aliphatic carbocycles. The fourth-order valence-corrected chi connectivity index (χ4v) is 2.15. The molecule has 1 atom stereocenters. The van der Waals surface area contributed by atoms with Gasteiger partial charge in [-0.1, -0.05) is 13.8 Å². The minimum Gasteiger partial charge on any atom is -0.384 e. The van der Waals surface area contributed by atoms with Crippen molar-refractivity contribution < 1.29 is 4.39 Å². The Morgan fingerprint density at radius 3 is 2.86 bits per heavy atom. The van der Waals surface area contributed by atoms with Crippen LogP contribution in [0.25, 0.3) is 0 Å². The molecule has 0 saturated heterocycles. The maximum Gasteiger partial charge on any atom is 0.123 e. The van der Waals surface area contributed by atoms with Gasteiger partial charge in [0.05, 0.1) is 0 Å². The van der Waals surface area contributed by atoms with Crippen molar-refractivity contribution in [2.24, 2.45) is 0 Å². The topological polar surface area (TPSA) is 12.0 Å². The van der Waals surface area contributed by atoms with E-state index in [0.717, 1.165) is 29.8 Å². The Labute approximate surface area is 84.3 Å². The molecule has 1 aliphatic heterocycles. The maximum atomic E-state index is 13.3. The van der Waals surface area contributed by atoms with Gasteiger partial charge in [-0.05, 0) is 36.6 Å². The summed E-state index contributed by atoms with van der Waals surface area (Å²) >= 11 is 0. The van der Waals surface area contributed by atoms with E-state index in [9.17, 15) is 4.39 Å². The Balaban J connectivity index is 2.60. The molecule has 1 heterocycles. The molecule has 1 nitrogen and oxygen atoms in total. The van der Waals surface area contributed by atoms with E-state index in [0.29, 0.717) is 0 Å². The van der Waals surface area contributed by atoms with Gasteiger partial charge < -0.3 is 5.32 Å². The largest absolute Gasteiger partial charge is 0.384 e. The molecule has 0 amide bonds. The number of halogens is 1. The van der Waals surface area contributed by atoms with Gasteiger partial charge in [-0.25, -0.2) is 4.39 Å². The molecular weight excluding hydrogens is 177 g/mol. The first-order valence-electron chi connectivity index (χ1n) is 5.11. The molecule has 0 spiro atoms. The lowest BCUT2D eigenvalue weighted by Gasteiger charge is -2.21. The van der Waals surface area contributed by atoms with Crippen LogP contribution >= 0.6 is 0 Å². The van der Waals surface area contributed by atoms with Gasteiger partial charge in [0.15, 0.2) is 0 Å². The fraction of sp³-hybridized carbons (Fsp3) is 0.500. The molecule has 1 unspecified atom stereocenters. The fourth-order valence-electron chi connectivity index (χ4n) is 2.15. The minimum atomic E-state index is -0.121. The van der Waals surface area contributed by atoms with E-state index in [1.54, 1.807) is 12.1 Å². The first-order chi connectivity index (χ1) is 6.57. The Hall–Kier alpha value is -1.05. The highest BCUT2D eigenvalue weighted by molar-refractivity contribution is 5.64. The van der Waals surface area contributed by atoms with Crippen LogP contribution < -0.4 is 5.32 Å². The van der Waals surface area contributed by atoms with Crippen molar-refractivity contribution >= 4 is 5.69 Å². The van der Waals surface area contributed by atoms with Crippen molar-refractivity contribution in [3.05, 3.63) is 29.1 Å². The number of hydrogen-bond donors (Lipinski definition) is 1. The molecule has 1 aromatic rings. The van der Waals surface area contributed by atoms with E-state index < -0.39 is 0 Å². The normalized spacial score (nSPS) is 24.6. The molecule has 76 valence electrons. The molecule has 14 heavy (non-hydrogen) atoms. The predicted molar refractivity (Wildman–Crippen MR) is 57.3 cm³/mol. The van der Waals surface area contributed by atoms with Gasteiger partial charge in [-0.3, -0.25) is 0 Å². The summed E-state index contributed by atoms with van der Waals surface area (Å²) in [5, 5.41) is 3.37. The van der Waals surface area contributed by atoms with Gasteiger partial charge in [0, 0.05) is 17.6 Å². The van der Waals surface area contributed by atoms with Crippen molar-refractivity contribution in [3.63, 3.8) is 0 Å². The summed E-state index contributed by atoms with van der Waals surface area (Å²) in [7, 11) is 0. The van der Waals surface area contributed by atoms with Crippen LogP contribution in [0.15, 0.2) is 12.1 Å². The van der Waals surface area contributed by atoms with Crippen molar-refractivity contribution in [2.45, 2.75) is 32.6 Å². The van der Waals surface area contributed by atoms with E-state index in [1.165, 1.54) is 0 Å². The average molecular weight is 193 g/mol. The SMILES string of the molecule is CCC1(C)CNc2c(C)cc(F)cc21. The predicted octanol–water partition coefficient (Wildman–Crippen LogP) is 3.23. The second kappa shape index (κ2) is 2.97. The number of nitrogens with one attached hydrogen (secondary N) is 1. The standard InChI is InChI=1S/C12H16FN/c1-4-12(3)7-14-11-8(2)5-9(13)6-10(11)12/h5-6,14H,4,7H2,1-3H3. The molecule has 1 aliphatic rings.